The van der Waals surface area contributed by atoms with E-state index >= 15 is 0 Å². The van der Waals surface area contributed by atoms with Crippen molar-refractivity contribution in [2.45, 2.75) is 13.8 Å². The lowest BCUT2D eigenvalue weighted by atomic mass is 10.1. The first-order chi connectivity index (χ1) is 10.1. The largest absolute Gasteiger partial charge is 0.385 e. The first-order valence-corrected chi connectivity index (χ1v) is 6.96. The van der Waals surface area contributed by atoms with Crippen molar-refractivity contribution in [2.24, 2.45) is 0 Å². The Morgan fingerprint density at radius 2 is 2.00 bits per heavy atom. The second-order valence-corrected chi connectivity index (χ2v) is 4.59. The van der Waals surface area contributed by atoms with Gasteiger partial charge < -0.3 is 20.7 Å². The highest BCUT2D eigenvalue weighted by molar-refractivity contribution is 5.97. The Balaban J connectivity index is 2.48. The first-order valence-electron chi connectivity index (χ1n) is 6.96. The third-order valence-corrected chi connectivity index (χ3v) is 2.89. The summed E-state index contributed by atoms with van der Waals surface area (Å²) in [5.41, 5.74) is 2.54. The van der Waals surface area contributed by atoms with Gasteiger partial charge in [0, 0.05) is 31.5 Å². The molecule has 0 aliphatic rings. The van der Waals surface area contributed by atoms with Gasteiger partial charge in [-0.3, -0.25) is 9.59 Å². The van der Waals surface area contributed by atoms with E-state index in [0.717, 1.165) is 17.8 Å². The molecule has 0 heterocycles. The summed E-state index contributed by atoms with van der Waals surface area (Å²) in [7, 11) is 1.56. The maximum Gasteiger partial charge on any atom is 0.251 e. The molecule has 0 aromatic heterocycles. The molecule has 0 saturated heterocycles. The number of hydrogen-bond donors (Lipinski definition) is 3. The van der Waals surface area contributed by atoms with Gasteiger partial charge in [-0.25, -0.2) is 0 Å². The van der Waals surface area contributed by atoms with Crippen LogP contribution in [0.25, 0.3) is 0 Å². The Bertz CT molecular complexity index is 489. The van der Waals surface area contributed by atoms with Crippen molar-refractivity contribution in [1.29, 1.82) is 0 Å². The van der Waals surface area contributed by atoms with Gasteiger partial charge in [0.15, 0.2) is 0 Å². The maximum atomic E-state index is 12.0. The first kappa shape index (κ1) is 17.0. The summed E-state index contributed by atoms with van der Waals surface area (Å²) in [5.74, 6) is -0.496. The summed E-state index contributed by atoms with van der Waals surface area (Å²) in [4.78, 5) is 23.4. The number of hydrogen-bond acceptors (Lipinski definition) is 4. The number of ether oxygens (including phenoxy) is 1. The Labute approximate surface area is 125 Å². The predicted molar refractivity (Wildman–Crippen MR) is 82.6 cm³/mol. The average molecular weight is 293 g/mol. The SMILES string of the molecule is CCNc1ccc(C(=O)NCC(=O)NCCOC)cc1C. The van der Waals surface area contributed by atoms with Gasteiger partial charge in [-0.1, -0.05) is 0 Å². The van der Waals surface area contributed by atoms with Crippen molar-refractivity contribution in [3.05, 3.63) is 29.3 Å². The molecular weight excluding hydrogens is 270 g/mol. The van der Waals surface area contributed by atoms with Gasteiger partial charge in [-0.05, 0) is 37.6 Å². The smallest absolute Gasteiger partial charge is 0.251 e. The molecule has 6 nitrogen and oxygen atoms in total. The minimum atomic E-state index is -0.261. The molecule has 0 atom stereocenters. The Morgan fingerprint density at radius 1 is 1.24 bits per heavy atom. The standard InChI is InChI=1S/C15H23N3O3/c1-4-16-13-6-5-12(9-11(13)2)15(20)18-10-14(19)17-7-8-21-3/h5-6,9,16H,4,7-8,10H2,1-3H3,(H,17,19)(H,18,20). The minimum absolute atomic E-state index is 0.0451. The van der Waals surface area contributed by atoms with E-state index in [1.54, 1.807) is 19.2 Å². The van der Waals surface area contributed by atoms with Crippen LogP contribution < -0.4 is 16.0 Å². The van der Waals surface area contributed by atoms with E-state index in [9.17, 15) is 9.59 Å². The molecule has 0 bridgehead atoms. The number of aryl methyl sites for hydroxylation is 1. The molecule has 116 valence electrons. The Morgan fingerprint density at radius 3 is 2.62 bits per heavy atom. The monoisotopic (exact) mass is 293 g/mol. The molecule has 0 saturated carbocycles. The fraction of sp³-hybridized carbons (Fsp3) is 0.467. The second kappa shape index (κ2) is 8.97. The minimum Gasteiger partial charge on any atom is -0.385 e. The molecular formula is C15H23N3O3. The van der Waals surface area contributed by atoms with Gasteiger partial charge in [0.2, 0.25) is 5.91 Å². The molecule has 0 aliphatic heterocycles. The summed E-state index contributed by atoms with van der Waals surface area (Å²) in [5, 5.41) is 8.44. The van der Waals surface area contributed by atoms with E-state index in [-0.39, 0.29) is 18.4 Å². The average Bonchev–Trinajstić information content (AvgIpc) is 2.47. The van der Waals surface area contributed by atoms with Crippen molar-refractivity contribution >= 4 is 17.5 Å². The van der Waals surface area contributed by atoms with Crippen LogP contribution >= 0.6 is 0 Å². The van der Waals surface area contributed by atoms with Crippen LogP contribution in [0.2, 0.25) is 0 Å². The number of nitrogens with one attached hydrogen (secondary N) is 3. The molecule has 6 heteroatoms. The second-order valence-electron chi connectivity index (χ2n) is 4.59. The van der Waals surface area contributed by atoms with Gasteiger partial charge >= 0.3 is 0 Å². The number of rotatable bonds is 8. The lowest BCUT2D eigenvalue weighted by Crippen LogP contribution is -2.38. The van der Waals surface area contributed by atoms with Gasteiger partial charge in [0.25, 0.3) is 5.91 Å². The summed E-state index contributed by atoms with van der Waals surface area (Å²) >= 11 is 0. The van der Waals surface area contributed by atoms with Crippen LogP contribution in [0.3, 0.4) is 0 Å². The number of amides is 2. The van der Waals surface area contributed by atoms with Crippen LogP contribution in [0.4, 0.5) is 5.69 Å². The lowest BCUT2D eigenvalue weighted by Gasteiger charge is -2.10. The molecule has 0 unspecified atom stereocenters. The number of methoxy groups -OCH3 is 1. The van der Waals surface area contributed by atoms with E-state index in [1.807, 2.05) is 19.9 Å². The highest BCUT2D eigenvalue weighted by Crippen LogP contribution is 2.16. The number of anilines is 1. The van der Waals surface area contributed by atoms with Crippen molar-refractivity contribution in [2.75, 3.05) is 38.7 Å². The molecule has 1 aromatic rings. The van der Waals surface area contributed by atoms with Crippen molar-refractivity contribution in [3.63, 3.8) is 0 Å². The van der Waals surface area contributed by atoms with Crippen LogP contribution in [0.1, 0.15) is 22.8 Å². The van der Waals surface area contributed by atoms with Crippen molar-refractivity contribution < 1.29 is 14.3 Å². The molecule has 2 amide bonds. The third-order valence-electron chi connectivity index (χ3n) is 2.89. The molecule has 0 fully saturated rings. The third kappa shape index (κ3) is 5.83. The lowest BCUT2D eigenvalue weighted by molar-refractivity contribution is -0.120. The fourth-order valence-corrected chi connectivity index (χ4v) is 1.81. The molecule has 21 heavy (non-hydrogen) atoms. The number of benzene rings is 1. The Hall–Kier alpha value is -2.08. The molecule has 1 aromatic carbocycles. The van der Waals surface area contributed by atoms with Crippen LogP contribution in [0, 0.1) is 6.92 Å². The molecule has 3 N–H and O–H groups in total. The summed E-state index contributed by atoms with van der Waals surface area (Å²) in [6.45, 7) is 5.62. The van der Waals surface area contributed by atoms with Crippen LogP contribution in [0.15, 0.2) is 18.2 Å². The van der Waals surface area contributed by atoms with E-state index in [4.69, 9.17) is 4.74 Å². The number of carbonyl (C=O) groups is 2. The summed E-state index contributed by atoms with van der Waals surface area (Å²) in [6, 6.07) is 5.41. The number of carbonyl (C=O) groups excluding carboxylic acids is 2. The van der Waals surface area contributed by atoms with Crippen molar-refractivity contribution in [3.8, 4) is 0 Å². The zero-order valence-corrected chi connectivity index (χ0v) is 12.8. The maximum absolute atomic E-state index is 12.0. The van der Waals surface area contributed by atoms with Crippen molar-refractivity contribution in [1.82, 2.24) is 10.6 Å². The van der Waals surface area contributed by atoms with Gasteiger partial charge in [-0.2, -0.15) is 0 Å². The van der Waals surface area contributed by atoms with E-state index < -0.39 is 0 Å². The van der Waals surface area contributed by atoms with Crippen LogP contribution in [-0.4, -0.2) is 45.2 Å². The zero-order chi connectivity index (χ0) is 15.7. The quantitative estimate of drug-likeness (QED) is 0.623. The van der Waals surface area contributed by atoms with Crippen LogP contribution in [0.5, 0.6) is 0 Å². The molecule has 0 aliphatic carbocycles. The van der Waals surface area contributed by atoms with E-state index in [2.05, 4.69) is 16.0 Å². The summed E-state index contributed by atoms with van der Waals surface area (Å²) in [6.07, 6.45) is 0. The van der Waals surface area contributed by atoms with E-state index in [1.165, 1.54) is 0 Å². The van der Waals surface area contributed by atoms with Crippen LogP contribution in [-0.2, 0) is 9.53 Å². The van der Waals surface area contributed by atoms with E-state index in [0.29, 0.717) is 18.7 Å². The van der Waals surface area contributed by atoms with Gasteiger partial charge in [0.1, 0.15) is 0 Å². The van der Waals surface area contributed by atoms with Gasteiger partial charge in [0.05, 0.1) is 13.2 Å². The highest BCUT2D eigenvalue weighted by Gasteiger charge is 2.09. The molecule has 0 spiro atoms. The molecule has 0 radical (unpaired) electrons. The normalized spacial score (nSPS) is 10.0. The van der Waals surface area contributed by atoms with Gasteiger partial charge in [-0.15, -0.1) is 0 Å². The highest BCUT2D eigenvalue weighted by atomic mass is 16.5. The fourth-order valence-electron chi connectivity index (χ4n) is 1.81. The summed E-state index contributed by atoms with van der Waals surface area (Å²) < 4.78 is 4.82. The Kier molecular flexibility index (Phi) is 7.25. The predicted octanol–water partition coefficient (Wildman–Crippen LogP) is 0.919. The molecule has 1 rings (SSSR count). The topological polar surface area (TPSA) is 79.5 Å². The zero-order valence-electron chi connectivity index (χ0n) is 12.8.